The Morgan fingerprint density at radius 3 is 2.96 bits per heavy atom. The lowest BCUT2D eigenvalue weighted by Crippen LogP contribution is -2.24. The molecular weight excluding hydrogens is 360 g/mol. The molecule has 0 aliphatic heterocycles. The summed E-state index contributed by atoms with van der Waals surface area (Å²) < 4.78 is 12.2. The molecule has 0 atom stereocenters. The number of benzene rings is 1. The van der Waals surface area contributed by atoms with Crippen LogP contribution in [-0.4, -0.2) is 37.9 Å². The minimum absolute atomic E-state index is 0.173. The SMILES string of the molecule is COc1ccccc1-c1cc(C(=O)NCc2cccnc2-n2cncn2)no1. The van der Waals surface area contributed by atoms with Gasteiger partial charge in [-0.3, -0.25) is 4.79 Å². The number of carbonyl (C=O) groups excluding carboxylic acids is 1. The van der Waals surface area contributed by atoms with E-state index in [1.807, 2.05) is 30.3 Å². The molecule has 0 saturated carbocycles. The molecule has 4 rings (SSSR count). The van der Waals surface area contributed by atoms with Gasteiger partial charge >= 0.3 is 0 Å². The Morgan fingerprint density at radius 1 is 1.25 bits per heavy atom. The molecule has 0 aliphatic carbocycles. The van der Waals surface area contributed by atoms with Crippen LogP contribution < -0.4 is 10.1 Å². The van der Waals surface area contributed by atoms with Crippen molar-refractivity contribution < 1.29 is 14.1 Å². The van der Waals surface area contributed by atoms with E-state index in [1.54, 1.807) is 31.8 Å². The molecule has 140 valence electrons. The Balaban J connectivity index is 1.50. The summed E-state index contributed by atoms with van der Waals surface area (Å²) in [7, 11) is 1.57. The second-order valence-corrected chi connectivity index (χ2v) is 5.79. The van der Waals surface area contributed by atoms with Crippen molar-refractivity contribution in [3.8, 4) is 22.9 Å². The number of hydrogen-bond acceptors (Lipinski definition) is 7. The fraction of sp³-hybridized carbons (Fsp3) is 0.105. The highest BCUT2D eigenvalue weighted by molar-refractivity contribution is 5.93. The summed E-state index contributed by atoms with van der Waals surface area (Å²) in [5.41, 5.74) is 1.68. The highest BCUT2D eigenvalue weighted by atomic mass is 16.5. The van der Waals surface area contributed by atoms with Gasteiger partial charge in [-0.1, -0.05) is 23.4 Å². The molecule has 0 unspecified atom stereocenters. The van der Waals surface area contributed by atoms with Gasteiger partial charge in [-0.15, -0.1) is 0 Å². The second kappa shape index (κ2) is 7.70. The normalized spacial score (nSPS) is 10.6. The highest BCUT2D eigenvalue weighted by Gasteiger charge is 2.16. The molecule has 0 radical (unpaired) electrons. The Kier molecular flexibility index (Phi) is 4.79. The van der Waals surface area contributed by atoms with Gasteiger partial charge in [-0.05, 0) is 18.2 Å². The standard InChI is InChI=1S/C19H16N6O3/c1-27-16-7-3-2-6-14(16)17-9-15(24-28-17)19(26)22-10-13-5-4-8-21-18(13)25-12-20-11-23-25/h2-9,11-12H,10H2,1H3,(H,22,26). The number of aromatic nitrogens is 5. The maximum Gasteiger partial charge on any atom is 0.273 e. The third-order valence-corrected chi connectivity index (χ3v) is 4.06. The minimum atomic E-state index is -0.363. The second-order valence-electron chi connectivity index (χ2n) is 5.79. The molecule has 0 aliphatic rings. The van der Waals surface area contributed by atoms with Crippen LogP contribution in [0.25, 0.3) is 17.1 Å². The summed E-state index contributed by atoms with van der Waals surface area (Å²) >= 11 is 0. The van der Waals surface area contributed by atoms with Gasteiger partial charge in [0.1, 0.15) is 18.4 Å². The molecule has 3 heterocycles. The summed E-state index contributed by atoms with van der Waals surface area (Å²) in [6, 6.07) is 12.6. The molecule has 9 heteroatoms. The molecule has 0 saturated heterocycles. The van der Waals surface area contributed by atoms with E-state index < -0.39 is 0 Å². The van der Waals surface area contributed by atoms with Crippen molar-refractivity contribution in [1.29, 1.82) is 0 Å². The lowest BCUT2D eigenvalue weighted by atomic mass is 10.1. The Hall–Kier alpha value is -4.01. The Morgan fingerprint density at radius 2 is 2.14 bits per heavy atom. The molecule has 0 fully saturated rings. The summed E-state index contributed by atoms with van der Waals surface area (Å²) in [5, 5.41) is 10.8. The molecule has 0 spiro atoms. The van der Waals surface area contributed by atoms with Gasteiger partial charge in [0.05, 0.1) is 12.7 Å². The van der Waals surface area contributed by atoms with Crippen molar-refractivity contribution >= 4 is 5.91 Å². The molecule has 0 bridgehead atoms. The molecule has 28 heavy (non-hydrogen) atoms. The van der Waals surface area contributed by atoms with Crippen LogP contribution in [0.2, 0.25) is 0 Å². The first-order chi connectivity index (χ1) is 13.8. The summed E-state index contributed by atoms with van der Waals surface area (Å²) in [6.45, 7) is 0.249. The number of methoxy groups -OCH3 is 1. The first-order valence-electron chi connectivity index (χ1n) is 8.43. The van der Waals surface area contributed by atoms with Gasteiger partial charge in [0.15, 0.2) is 17.3 Å². The van der Waals surface area contributed by atoms with Crippen LogP contribution in [-0.2, 0) is 6.54 Å². The fourth-order valence-corrected chi connectivity index (χ4v) is 2.72. The molecule has 1 amide bonds. The van der Waals surface area contributed by atoms with Crippen LogP contribution in [0.1, 0.15) is 16.1 Å². The number of amides is 1. The highest BCUT2D eigenvalue weighted by Crippen LogP contribution is 2.29. The van der Waals surface area contributed by atoms with E-state index in [1.165, 1.54) is 11.0 Å². The summed E-state index contributed by atoms with van der Waals surface area (Å²) in [6.07, 6.45) is 4.62. The molecule has 1 N–H and O–H groups in total. The first-order valence-corrected chi connectivity index (χ1v) is 8.43. The summed E-state index contributed by atoms with van der Waals surface area (Å²) in [4.78, 5) is 20.7. The van der Waals surface area contributed by atoms with E-state index in [-0.39, 0.29) is 18.1 Å². The average molecular weight is 376 g/mol. The van der Waals surface area contributed by atoms with Gasteiger partial charge in [-0.25, -0.2) is 14.6 Å². The number of nitrogens with zero attached hydrogens (tertiary/aromatic N) is 5. The average Bonchev–Trinajstić information content (AvgIpc) is 3.44. The lowest BCUT2D eigenvalue weighted by molar-refractivity contribution is 0.0942. The molecule has 1 aromatic carbocycles. The maximum atomic E-state index is 12.5. The van der Waals surface area contributed by atoms with Crippen LogP contribution in [0.5, 0.6) is 5.75 Å². The maximum absolute atomic E-state index is 12.5. The van der Waals surface area contributed by atoms with E-state index in [0.717, 1.165) is 11.1 Å². The lowest BCUT2D eigenvalue weighted by Gasteiger charge is -2.08. The van der Waals surface area contributed by atoms with Crippen molar-refractivity contribution in [3.63, 3.8) is 0 Å². The number of pyridine rings is 1. The number of hydrogen-bond donors (Lipinski definition) is 1. The monoisotopic (exact) mass is 376 g/mol. The van der Waals surface area contributed by atoms with Gasteiger partial charge < -0.3 is 14.6 Å². The van der Waals surface area contributed by atoms with Crippen molar-refractivity contribution in [2.24, 2.45) is 0 Å². The number of rotatable bonds is 6. The zero-order valence-electron chi connectivity index (χ0n) is 14.9. The van der Waals surface area contributed by atoms with Gasteiger partial charge in [0.25, 0.3) is 5.91 Å². The molecular formula is C19H16N6O3. The molecule has 9 nitrogen and oxygen atoms in total. The van der Waals surface area contributed by atoms with Gasteiger partial charge in [0.2, 0.25) is 0 Å². The number of ether oxygens (including phenoxy) is 1. The van der Waals surface area contributed by atoms with Crippen LogP contribution in [0.3, 0.4) is 0 Å². The van der Waals surface area contributed by atoms with E-state index in [2.05, 4.69) is 25.5 Å². The number of carbonyl (C=O) groups is 1. The van der Waals surface area contributed by atoms with Crippen LogP contribution >= 0.6 is 0 Å². The third kappa shape index (κ3) is 3.45. The van der Waals surface area contributed by atoms with E-state index in [0.29, 0.717) is 17.3 Å². The minimum Gasteiger partial charge on any atom is -0.496 e. The Labute approximate surface area is 160 Å². The smallest absolute Gasteiger partial charge is 0.273 e. The first kappa shape index (κ1) is 17.4. The van der Waals surface area contributed by atoms with Crippen molar-refractivity contribution in [2.75, 3.05) is 7.11 Å². The third-order valence-electron chi connectivity index (χ3n) is 4.06. The Bertz CT molecular complexity index is 1090. The molecule has 3 aromatic heterocycles. The topological polar surface area (TPSA) is 108 Å². The zero-order chi connectivity index (χ0) is 19.3. The predicted molar refractivity (Wildman–Crippen MR) is 98.8 cm³/mol. The van der Waals surface area contributed by atoms with Gasteiger partial charge in [0, 0.05) is 24.4 Å². The van der Waals surface area contributed by atoms with E-state index >= 15 is 0 Å². The van der Waals surface area contributed by atoms with Gasteiger partial charge in [-0.2, -0.15) is 5.10 Å². The quantitative estimate of drug-likeness (QED) is 0.550. The fourth-order valence-electron chi connectivity index (χ4n) is 2.72. The van der Waals surface area contributed by atoms with Crippen LogP contribution in [0, 0.1) is 0 Å². The molecule has 4 aromatic rings. The van der Waals surface area contributed by atoms with Crippen LogP contribution in [0.4, 0.5) is 0 Å². The summed E-state index contributed by atoms with van der Waals surface area (Å²) in [5.74, 6) is 1.32. The van der Waals surface area contributed by atoms with E-state index in [9.17, 15) is 4.79 Å². The zero-order valence-corrected chi connectivity index (χ0v) is 14.9. The van der Waals surface area contributed by atoms with Crippen molar-refractivity contribution in [1.82, 2.24) is 30.2 Å². The van der Waals surface area contributed by atoms with Crippen LogP contribution in [0.15, 0.2) is 65.8 Å². The number of para-hydroxylation sites is 1. The predicted octanol–water partition coefficient (Wildman–Crippen LogP) is 2.26. The number of nitrogens with one attached hydrogen (secondary N) is 1. The van der Waals surface area contributed by atoms with Crippen molar-refractivity contribution in [3.05, 3.63) is 72.6 Å². The van der Waals surface area contributed by atoms with Crippen molar-refractivity contribution in [2.45, 2.75) is 6.54 Å². The van der Waals surface area contributed by atoms with E-state index in [4.69, 9.17) is 9.26 Å². The largest absolute Gasteiger partial charge is 0.496 e.